The average molecular weight is 369 g/mol. The molecule has 0 bridgehead atoms. The zero-order valence-electron chi connectivity index (χ0n) is 14.3. The van der Waals surface area contributed by atoms with E-state index in [1.807, 2.05) is 35.0 Å². The van der Waals surface area contributed by atoms with Crippen molar-refractivity contribution in [2.75, 3.05) is 0 Å². The van der Waals surface area contributed by atoms with E-state index in [1.54, 1.807) is 30.7 Å². The summed E-state index contributed by atoms with van der Waals surface area (Å²) in [5.74, 6) is -0.313. The lowest BCUT2D eigenvalue weighted by Gasteiger charge is -2.07. The lowest BCUT2D eigenvalue weighted by Crippen LogP contribution is -2.20. The Kier molecular flexibility index (Phi) is 5.94. The monoisotopic (exact) mass is 369 g/mol. The number of halogens is 2. The van der Waals surface area contributed by atoms with Crippen molar-refractivity contribution < 1.29 is 18.3 Å². The molecule has 3 aromatic rings. The minimum Gasteiger partial charge on any atom is -0.434 e. The van der Waals surface area contributed by atoms with Gasteiger partial charge in [-0.1, -0.05) is 30.3 Å². The van der Waals surface area contributed by atoms with Crippen LogP contribution in [0, 0.1) is 0 Å². The van der Waals surface area contributed by atoms with Crippen molar-refractivity contribution in [3.8, 4) is 11.4 Å². The van der Waals surface area contributed by atoms with Gasteiger partial charge in [0.05, 0.1) is 6.33 Å². The number of ether oxygens (including phenoxy) is 1. The third kappa shape index (κ3) is 5.24. The third-order valence-electron chi connectivity index (χ3n) is 3.75. The van der Waals surface area contributed by atoms with Crippen molar-refractivity contribution in [3.05, 3.63) is 84.5 Å². The molecular formula is C20H17F2N3O2. The highest BCUT2D eigenvalue weighted by molar-refractivity contribution is 5.92. The first-order valence-corrected chi connectivity index (χ1v) is 8.19. The maximum absolute atomic E-state index is 12.4. The van der Waals surface area contributed by atoms with E-state index in [1.165, 1.54) is 18.2 Å². The molecule has 5 nitrogen and oxygen atoms in total. The van der Waals surface area contributed by atoms with Gasteiger partial charge in [-0.15, -0.1) is 0 Å². The van der Waals surface area contributed by atoms with E-state index in [2.05, 4.69) is 15.0 Å². The fourth-order valence-electron chi connectivity index (χ4n) is 2.43. The normalized spacial score (nSPS) is 11.1. The Morgan fingerprint density at radius 2 is 1.96 bits per heavy atom. The molecule has 0 aliphatic rings. The van der Waals surface area contributed by atoms with Crippen LogP contribution in [-0.4, -0.2) is 22.1 Å². The Labute approximate surface area is 154 Å². The maximum Gasteiger partial charge on any atom is 0.387 e. The van der Waals surface area contributed by atoms with Crippen LogP contribution in [0.2, 0.25) is 0 Å². The van der Waals surface area contributed by atoms with Crippen LogP contribution in [0.5, 0.6) is 5.75 Å². The number of aromatic nitrogens is 2. The van der Waals surface area contributed by atoms with Crippen molar-refractivity contribution in [1.82, 2.24) is 14.9 Å². The number of carbonyl (C=O) groups excluding carboxylic acids is 1. The highest BCUT2D eigenvalue weighted by atomic mass is 19.3. The molecule has 138 valence electrons. The third-order valence-corrected chi connectivity index (χ3v) is 3.75. The molecule has 27 heavy (non-hydrogen) atoms. The van der Waals surface area contributed by atoms with Gasteiger partial charge >= 0.3 is 6.61 Å². The Morgan fingerprint density at radius 3 is 2.67 bits per heavy atom. The smallest absolute Gasteiger partial charge is 0.387 e. The molecule has 0 fully saturated rings. The minimum atomic E-state index is -2.92. The Hall–Kier alpha value is -3.48. The van der Waals surface area contributed by atoms with Crippen molar-refractivity contribution >= 4 is 12.0 Å². The summed E-state index contributed by atoms with van der Waals surface area (Å²) in [7, 11) is 0. The average Bonchev–Trinajstić information content (AvgIpc) is 3.20. The quantitative estimate of drug-likeness (QED) is 0.645. The Bertz CT molecular complexity index is 907. The van der Waals surface area contributed by atoms with Gasteiger partial charge in [0, 0.05) is 36.3 Å². The van der Waals surface area contributed by atoms with E-state index in [-0.39, 0.29) is 11.7 Å². The summed E-state index contributed by atoms with van der Waals surface area (Å²) in [6.45, 7) is -2.57. The van der Waals surface area contributed by atoms with Gasteiger partial charge in [-0.3, -0.25) is 4.79 Å². The molecule has 7 heteroatoms. The molecule has 0 unspecified atom stereocenters. The fraction of sp³-hybridized carbons (Fsp3) is 0.100. The second kappa shape index (κ2) is 8.75. The van der Waals surface area contributed by atoms with Crippen molar-refractivity contribution in [2.24, 2.45) is 0 Å². The second-order valence-electron chi connectivity index (χ2n) is 5.60. The van der Waals surface area contributed by atoms with Crippen LogP contribution in [0.1, 0.15) is 11.1 Å². The number of nitrogens with zero attached hydrogens (tertiary/aromatic N) is 2. The van der Waals surface area contributed by atoms with E-state index in [0.29, 0.717) is 12.1 Å². The van der Waals surface area contributed by atoms with E-state index in [0.717, 1.165) is 11.3 Å². The van der Waals surface area contributed by atoms with Crippen LogP contribution in [0.15, 0.2) is 73.3 Å². The van der Waals surface area contributed by atoms with E-state index in [4.69, 9.17) is 0 Å². The lowest BCUT2D eigenvalue weighted by molar-refractivity contribution is -0.116. The van der Waals surface area contributed by atoms with Crippen molar-refractivity contribution in [3.63, 3.8) is 0 Å². The number of hydrogen-bond donors (Lipinski definition) is 1. The van der Waals surface area contributed by atoms with Crippen LogP contribution < -0.4 is 10.1 Å². The van der Waals surface area contributed by atoms with Crippen LogP contribution in [0.25, 0.3) is 11.8 Å². The van der Waals surface area contributed by atoms with Gasteiger partial charge in [0.15, 0.2) is 0 Å². The van der Waals surface area contributed by atoms with Gasteiger partial charge < -0.3 is 14.6 Å². The molecular weight excluding hydrogens is 352 g/mol. The first-order valence-electron chi connectivity index (χ1n) is 8.19. The van der Waals surface area contributed by atoms with Gasteiger partial charge in [0.25, 0.3) is 0 Å². The number of nitrogens with one attached hydrogen (secondary N) is 1. The summed E-state index contributed by atoms with van der Waals surface area (Å²) < 4.78 is 31.1. The molecule has 0 aliphatic heterocycles. The number of para-hydroxylation sites is 1. The first-order chi connectivity index (χ1) is 13.1. The molecule has 0 radical (unpaired) electrons. The summed E-state index contributed by atoms with van der Waals surface area (Å²) in [6.07, 6.45) is 7.97. The second-order valence-corrected chi connectivity index (χ2v) is 5.60. The van der Waals surface area contributed by atoms with E-state index >= 15 is 0 Å². The van der Waals surface area contributed by atoms with Gasteiger partial charge in [-0.05, 0) is 29.8 Å². The standard InChI is InChI=1S/C20H17F2N3O2/c21-20(22)27-18-4-2-1-3-16(18)7-10-19(26)24-13-15-5-8-17(9-6-15)25-12-11-23-14-25/h1-12,14,20H,13H2,(H,24,26)/b10-7+. The zero-order chi connectivity index (χ0) is 19.1. The number of alkyl halides is 2. The highest BCUT2D eigenvalue weighted by Crippen LogP contribution is 2.21. The topological polar surface area (TPSA) is 56.1 Å². The fourth-order valence-corrected chi connectivity index (χ4v) is 2.43. The zero-order valence-corrected chi connectivity index (χ0v) is 14.3. The van der Waals surface area contributed by atoms with Gasteiger partial charge in [0.1, 0.15) is 5.75 Å². The van der Waals surface area contributed by atoms with Crippen LogP contribution in [0.4, 0.5) is 8.78 Å². The summed E-state index contributed by atoms with van der Waals surface area (Å²) in [5.41, 5.74) is 2.30. The van der Waals surface area contributed by atoms with Crippen LogP contribution in [0.3, 0.4) is 0 Å². The van der Waals surface area contributed by atoms with Gasteiger partial charge in [0.2, 0.25) is 5.91 Å². The molecule has 0 saturated carbocycles. The summed E-state index contributed by atoms with van der Waals surface area (Å²) in [5, 5.41) is 2.75. The molecule has 1 N–H and O–H groups in total. The van der Waals surface area contributed by atoms with Crippen LogP contribution >= 0.6 is 0 Å². The Balaban J connectivity index is 1.56. The number of carbonyl (C=O) groups is 1. The predicted molar refractivity (Wildman–Crippen MR) is 97.5 cm³/mol. The molecule has 1 aromatic heterocycles. The summed E-state index contributed by atoms with van der Waals surface area (Å²) >= 11 is 0. The van der Waals surface area contributed by atoms with E-state index < -0.39 is 6.61 Å². The lowest BCUT2D eigenvalue weighted by atomic mass is 10.2. The molecule has 0 aliphatic carbocycles. The number of rotatable bonds is 7. The molecule has 1 heterocycles. The number of amides is 1. The van der Waals surface area contributed by atoms with Crippen molar-refractivity contribution in [1.29, 1.82) is 0 Å². The summed E-state index contributed by atoms with van der Waals surface area (Å²) in [6, 6.07) is 14.0. The molecule has 1 amide bonds. The minimum absolute atomic E-state index is 0.0200. The van der Waals surface area contributed by atoms with E-state index in [9.17, 15) is 13.6 Å². The SMILES string of the molecule is O=C(/C=C/c1ccccc1OC(F)F)NCc1ccc(-n2ccnc2)cc1. The first kappa shape index (κ1) is 18.3. The van der Waals surface area contributed by atoms with Gasteiger partial charge in [-0.2, -0.15) is 8.78 Å². The number of hydrogen-bond acceptors (Lipinski definition) is 3. The molecule has 0 spiro atoms. The van der Waals surface area contributed by atoms with Crippen LogP contribution in [-0.2, 0) is 11.3 Å². The largest absolute Gasteiger partial charge is 0.434 e. The highest BCUT2D eigenvalue weighted by Gasteiger charge is 2.07. The number of imidazole rings is 1. The van der Waals surface area contributed by atoms with Gasteiger partial charge in [-0.25, -0.2) is 4.98 Å². The summed E-state index contributed by atoms with van der Waals surface area (Å²) in [4.78, 5) is 16.0. The van der Waals surface area contributed by atoms with Crippen molar-refractivity contribution in [2.45, 2.75) is 13.2 Å². The molecule has 0 atom stereocenters. The predicted octanol–water partition coefficient (Wildman–Crippen LogP) is 3.80. The number of benzene rings is 2. The molecule has 3 rings (SSSR count). The maximum atomic E-state index is 12.4. The molecule has 2 aromatic carbocycles. The Morgan fingerprint density at radius 1 is 1.19 bits per heavy atom. The molecule has 0 saturated heterocycles.